The number of aryl methyl sites for hydroxylation is 2. The number of fused-ring (bicyclic) bond motifs is 1. The van der Waals surface area contributed by atoms with Crippen LogP contribution in [0.2, 0.25) is 0 Å². The number of hydrogen-bond acceptors (Lipinski definition) is 8. The highest BCUT2D eigenvalue weighted by molar-refractivity contribution is 5.87. The van der Waals surface area contributed by atoms with Gasteiger partial charge in [0, 0.05) is 71.1 Å². The first-order valence-corrected chi connectivity index (χ1v) is 17.9. The first-order valence-electron chi connectivity index (χ1n) is 17.9. The number of benzene rings is 1. The number of aromatic hydroxyl groups is 1. The summed E-state index contributed by atoms with van der Waals surface area (Å²) in [5.41, 5.74) is 3.27. The van der Waals surface area contributed by atoms with Gasteiger partial charge >= 0.3 is 0 Å². The largest absolute Gasteiger partial charge is 0.508 e. The predicted octanol–water partition coefficient (Wildman–Crippen LogP) is 6.12. The molecule has 4 atom stereocenters. The molecule has 46 heavy (non-hydrogen) atoms. The van der Waals surface area contributed by atoms with Crippen molar-refractivity contribution in [3.63, 3.8) is 0 Å². The molecule has 8 heteroatoms. The van der Waals surface area contributed by atoms with Crippen molar-refractivity contribution in [2.75, 3.05) is 73.6 Å². The zero-order valence-electron chi connectivity index (χ0n) is 29.2. The highest BCUT2D eigenvalue weighted by atomic mass is 16.3. The molecule has 8 nitrogen and oxygen atoms in total. The third kappa shape index (κ3) is 7.07. The standard InChI is InChI=1S/C38H57N5O3/c1-7-41(8-2)34-17-18-36(42(9-3)10-4)39-37(34)43-21-19-40(20-22-43)26-35(46)33-16-15-32-29(24-31(45)25-38(32,33)6)13-12-28-23-30(44)14-11-27(28)5/h11,14,17-18,23,29,32-33,44H,7-10,12-13,15-16,19-22,24-26H2,1-6H3. The van der Waals surface area contributed by atoms with Crippen LogP contribution in [0.4, 0.5) is 17.3 Å². The third-order valence-electron chi connectivity index (χ3n) is 11.6. The summed E-state index contributed by atoms with van der Waals surface area (Å²) >= 11 is 0. The molecule has 1 N–H and O–H groups in total. The van der Waals surface area contributed by atoms with Gasteiger partial charge in [-0.3, -0.25) is 14.5 Å². The van der Waals surface area contributed by atoms with Gasteiger partial charge in [-0.2, -0.15) is 0 Å². The third-order valence-corrected chi connectivity index (χ3v) is 11.6. The molecule has 0 spiro atoms. The predicted molar refractivity (Wildman–Crippen MR) is 188 cm³/mol. The van der Waals surface area contributed by atoms with E-state index in [2.05, 4.69) is 73.3 Å². The summed E-state index contributed by atoms with van der Waals surface area (Å²) in [5, 5.41) is 10.0. The molecule has 252 valence electrons. The molecule has 3 aliphatic rings. The number of piperazine rings is 1. The molecular weight excluding hydrogens is 574 g/mol. The van der Waals surface area contributed by atoms with Gasteiger partial charge in [-0.05, 0) is 113 Å². The summed E-state index contributed by atoms with van der Waals surface area (Å²) < 4.78 is 0. The summed E-state index contributed by atoms with van der Waals surface area (Å²) in [6, 6.07) is 9.96. The van der Waals surface area contributed by atoms with E-state index in [1.807, 2.05) is 12.1 Å². The number of pyridine rings is 1. The number of phenols is 1. The number of Topliss-reactive ketones (excluding diaryl/α,β-unsaturated/α-hetero) is 2. The number of nitrogens with zero attached hydrogens (tertiary/aromatic N) is 5. The van der Waals surface area contributed by atoms with Crippen LogP contribution in [0.15, 0.2) is 30.3 Å². The fraction of sp³-hybridized carbons (Fsp3) is 0.658. The number of ketones is 2. The first-order chi connectivity index (χ1) is 22.1. The Labute approximate surface area is 277 Å². The van der Waals surface area contributed by atoms with Crippen molar-refractivity contribution in [2.24, 2.45) is 23.2 Å². The lowest BCUT2D eigenvalue weighted by Crippen LogP contribution is -2.50. The van der Waals surface area contributed by atoms with Crippen molar-refractivity contribution in [3.8, 4) is 5.75 Å². The Morgan fingerprint density at radius 1 is 0.978 bits per heavy atom. The Kier molecular flexibility index (Phi) is 11.0. The van der Waals surface area contributed by atoms with Gasteiger partial charge in [0.05, 0.1) is 12.2 Å². The van der Waals surface area contributed by atoms with E-state index in [9.17, 15) is 14.7 Å². The molecule has 1 aromatic heterocycles. The SMILES string of the molecule is CCN(CC)c1ccc(N(CC)CC)c(N2CCN(CC(=O)C3CCC4C(CCc5cc(O)ccc5C)CC(=O)CC34C)CC2)n1. The maximum Gasteiger partial charge on any atom is 0.154 e. The second-order valence-corrected chi connectivity index (χ2v) is 14.2. The van der Waals surface area contributed by atoms with Crippen molar-refractivity contribution in [3.05, 3.63) is 41.5 Å². The maximum atomic E-state index is 14.0. The van der Waals surface area contributed by atoms with Crippen molar-refractivity contribution in [1.82, 2.24) is 9.88 Å². The summed E-state index contributed by atoms with van der Waals surface area (Å²) in [4.78, 5) is 41.7. The molecule has 1 aliphatic heterocycles. The van der Waals surface area contributed by atoms with E-state index in [4.69, 9.17) is 4.98 Å². The molecule has 5 rings (SSSR count). The van der Waals surface area contributed by atoms with Crippen LogP contribution in [-0.4, -0.2) is 85.5 Å². The number of rotatable bonds is 13. The average Bonchev–Trinajstić information content (AvgIpc) is 3.40. The number of carbonyl (C=O) groups excluding carboxylic acids is 2. The molecule has 1 saturated heterocycles. The number of phenolic OH excluding ortho intramolecular Hbond substituents is 1. The van der Waals surface area contributed by atoms with E-state index < -0.39 is 0 Å². The van der Waals surface area contributed by atoms with Gasteiger partial charge in [-0.1, -0.05) is 13.0 Å². The van der Waals surface area contributed by atoms with Crippen molar-refractivity contribution < 1.29 is 14.7 Å². The van der Waals surface area contributed by atoms with Crippen molar-refractivity contribution in [1.29, 1.82) is 0 Å². The lowest BCUT2D eigenvalue weighted by molar-refractivity contribution is -0.135. The Bertz CT molecular complexity index is 1360. The number of carbonyl (C=O) groups is 2. The van der Waals surface area contributed by atoms with Crippen LogP contribution in [-0.2, 0) is 16.0 Å². The molecule has 0 radical (unpaired) electrons. The van der Waals surface area contributed by atoms with Crippen molar-refractivity contribution >= 4 is 28.9 Å². The zero-order chi connectivity index (χ0) is 33.0. The highest BCUT2D eigenvalue weighted by Crippen LogP contribution is 2.57. The topological polar surface area (TPSA) is 80.2 Å². The molecule has 4 unspecified atom stereocenters. The van der Waals surface area contributed by atoms with E-state index >= 15 is 0 Å². The van der Waals surface area contributed by atoms with Gasteiger partial charge in [0.1, 0.15) is 23.1 Å². The van der Waals surface area contributed by atoms with Crippen LogP contribution in [0.25, 0.3) is 0 Å². The van der Waals surface area contributed by atoms with Gasteiger partial charge in [0.15, 0.2) is 5.82 Å². The van der Waals surface area contributed by atoms with Gasteiger partial charge in [-0.25, -0.2) is 4.98 Å². The lowest BCUT2D eigenvalue weighted by Gasteiger charge is -2.44. The summed E-state index contributed by atoms with van der Waals surface area (Å²) in [5.74, 6) is 3.66. The smallest absolute Gasteiger partial charge is 0.154 e. The quantitative estimate of drug-likeness (QED) is 0.283. The van der Waals surface area contributed by atoms with E-state index in [0.29, 0.717) is 48.5 Å². The number of hydrogen-bond donors (Lipinski definition) is 1. The second-order valence-electron chi connectivity index (χ2n) is 14.2. The molecule has 2 aromatic rings. The minimum Gasteiger partial charge on any atom is -0.508 e. The second kappa shape index (κ2) is 14.7. The molecule has 2 heterocycles. The minimum atomic E-state index is -0.250. The molecular formula is C38H57N5O3. The Morgan fingerprint density at radius 2 is 1.67 bits per heavy atom. The zero-order valence-corrected chi connectivity index (χ0v) is 29.2. The number of anilines is 3. The molecule has 1 aromatic carbocycles. The molecule has 0 bridgehead atoms. The van der Waals surface area contributed by atoms with Gasteiger partial charge in [0.2, 0.25) is 0 Å². The van der Waals surface area contributed by atoms with E-state index in [-0.39, 0.29) is 11.3 Å². The van der Waals surface area contributed by atoms with Crippen LogP contribution in [0.1, 0.15) is 77.8 Å². The van der Waals surface area contributed by atoms with Crippen LogP contribution in [0.5, 0.6) is 5.75 Å². The van der Waals surface area contributed by atoms with E-state index in [1.54, 1.807) is 6.07 Å². The lowest BCUT2D eigenvalue weighted by atomic mass is 9.59. The maximum absolute atomic E-state index is 14.0. The van der Waals surface area contributed by atoms with Gasteiger partial charge in [0.25, 0.3) is 0 Å². The fourth-order valence-corrected chi connectivity index (χ4v) is 8.97. The Hall–Kier alpha value is -3.13. The minimum absolute atomic E-state index is 0.0496. The highest BCUT2D eigenvalue weighted by Gasteiger charge is 2.55. The van der Waals surface area contributed by atoms with E-state index in [1.165, 1.54) is 11.3 Å². The molecule has 3 fully saturated rings. The summed E-state index contributed by atoms with van der Waals surface area (Å²) in [6.45, 7) is 20.6. The monoisotopic (exact) mass is 631 g/mol. The van der Waals surface area contributed by atoms with Crippen LogP contribution >= 0.6 is 0 Å². The Morgan fingerprint density at radius 3 is 2.35 bits per heavy atom. The first kappa shape index (κ1) is 34.2. The molecule has 0 amide bonds. The van der Waals surface area contributed by atoms with Gasteiger partial charge in [-0.15, -0.1) is 0 Å². The molecule has 2 aliphatic carbocycles. The van der Waals surface area contributed by atoms with Crippen molar-refractivity contribution in [2.45, 2.75) is 80.1 Å². The van der Waals surface area contributed by atoms with Gasteiger partial charge < -0.3 is 19.8 Å². The summed E-state index contributed by atoms with van der Waals surface area (Å²) in [6.07, 6.45) is 4.87. The Balaban J connectivity index is 1.23. The summed E-state index contributed by atoms with van der Waals surface area (Å²) in [7, 11) is 0. The van der Waals surface area contributed by atoms with Crippen LogP contribution in [0, 0.1) is 30.1 Å². The fourth-order valence-electron chi connectivity index (χ4n) is 8.97. The average molecular weight is 632 g/mol. The van der Waals surface area contributed by atoms with Crippen LogP contribution in [0.3, 0.4) is 0 Å². The van der Waals surface area contributed by atoms with Crippen LogP contribution < -0.4 is 14.7 Å². The van der Waals surface area contributed by atoms with E-state index in [0.717, 1.165) is 95.2 Å². The molecule has 2 saturated carbocycles. The number of aromatic nitrogens is 1. The normalized spacial score (nSPS) is 25.0.